The Labute approximate surface area is 445 Å². The Balaban J connectivity index is 4.34. The fraction of sp³-hybridized carbons (Fsp3) is 0.712. The largest absolute Gasteiger partial charge is 0.462 e. The zero-order valence-electron chi connectivity index (χ0n) is 47.2. The molecular weight excluding hydrogens is 889 g/mol. The normalized spacial score (nSPS) is 12.8. The Morgan fingerprint density at radius 3 is 0.889 bits per heavy atom. The van der Waals surface area contributed by atoms with Gasteiger partial charge in [-0.05, 0) is 122 Å². The Morgan fingerprint density at radius 2 is 0.542 bits per heavy atom. The monoisotopic (exact) mass is 1000 g/mol. The Hall–Kier alpha value is -3.67. The number of hydrogen-bond donors (Lipinski definition) is 0. The van der Waals surface area contributed by atoms with Crippen molar-refractivity contribution in [2.45, 2.75) is 290 Å². The lowest BCUT2D eigenvalue weighted by Crippen LogP contribution is -2.30. The Bertz CT molecular complexity index is 1430. The van der Waals surface area contributed by atoms with Crippen LogP contribution in [0.2, 0.25) is 0 Å². The third-order valence-corrected chi connectivity index (χ3v) is 12.8. The maximum atomic E-state index is 12.9. The van der Waals surface area contributed by atoms with Crippen molar-refractivity contribution in [3.8, 4) is 0 Å². The van der Waals surface area contributed by atoms with Gasteiger partial charge in [0.2, 0.25) is 0 Å². The van der Waals surface area contributed by atoms with E-state index in [0.29, 0.717) is 19.3 Å². The van der Waals surface area contributed by atoms with Gasteiger partial charge in [-0.3, -0.25) is 14.4 Å². The molecule has 0 rings (SSSR count). The molecule has 0 aliphatic rings. The molecule has 0 spiro atoms. The zero-order valence-corrected chi connectivity index (χ0v) is 47.2. The summed E-state index contributed by atoms with van der Waals surface area (Å²) >= 11 is 0. The number of rotatable bonds is 54. The van der Waals surface area contributed by atoms with Crippen molar-refractivity contribution in [3.05, 3.63) is 97.2 Å². The molecule has 1 unspecified atom stereocenters. The minimum atomic E-state index is -0.797. The van der Waals surface area contributed by atoms with Gasteiger partial charge < -0.3 is 14.2 Å². The van der Waals surface area contributed by atoms with E-state index < -0.39 is 6.10 Å². The highest BCUT2D eigenvalue weighted by atomic mass is 16.6. The first-order valence-corrected chi connectivity index (χ1v) is 30.2. The molecule has 0 radical (unpaired) electrons. The average Bonchev–Trinajstić information content (AvgIpc) is 3.38. The van der Waals surface area contributed by atoms with E-state index in [0.717, 1.165) is 116 Å². The van der Waals surface area contributed by atoms with Crippen molar-refractivity contribution in [3.63, 3.8) is 0 Å². The summed E-state index contributed by atoms with van der Waals surface area (Å²) in [5.41, 5.74) is 0. The summed E-state index contributed by atoms with van der Waals surface area (Å²) in [4.78, 5) is 38.2. The summed E-state index contributed by atoms with van der Waals surface area (Å²) in [5, 5.41) is 0. The van der Waals surface area contributed by atoms with Gasteiger partial charge in [0.1, 0.15) is 13.2 Å². The highest BCUT2D eigenvalue weighted by Gasteiger charge is 2.19. The van der Waals surface area contributed by atoms with E-state index in [2.05, 4.69) is 118 Å². The van der Waals surface area contributed by atoms with Crippen molar-refractivity contribution in [1.82, 2.24) is 0 Å². The molecule has 0 saturated heterocycles. The molecule has 0 aliphatic heterocycles. The van der Waals surface area contributed by atoms with Gasteiger partial charge in [-0.2, -0.15) is 0 Å². The second kappa shape index (κ2) is 59.9. The maximum absolute atomic E-state index is 12.9. The average molecular weight is 1000 g/mol. The standard InChI is InChI=1S/C66H112O6/c1-4-7-10-13-16-19-22-25-27-29-30-31-32-33-34-35-36-38-39-41-44-47-50-53-56-59-65(68)71-62-63(61-70-64(67)58-55-52-49-46-43-24-21-18-15-12-9-6-3)72-66(69)60-57-54-51-48-45-42-40-37-28-26-23-20-17-14-11-8-5-2/h8,11,17-18,20-22,25-26,28-30,32-33,40,42,63H,4-7,9-10,12-16,19,23-24,27,31,34-39,41,43-62H2,1-3H3/b11-8-,20-17-,21-18-,25-22-,28-26-,30-29-,33-32-,42-40-. The van der Waals surface area contributed by atoms with Crippen molar-refractivity contribution in [2.75, 3.05) is 13.2 Å². The second-order valence-corrected chi connectivity index (χ2v) is 19.9. The molecule has 412 valence electrons. The molecule has 1 atom stereocenters. The first-order chi connectivity index (χ1) is 35.5. The molecule has 0 aromatic heterocycles. The van der Waals surface area contributed by atoms with Gasteiger partial charge >= 0.3 is 17.9 Å². The molecule has 72 heavy (non-hydrogen) atoms. The SMILES string of the molecule is CC/C=C\C/C=C\C/C=C\C/C=C\CCCCCCC(=O)OC(COC(=O)CCCCCCC/C=C\CCCCC)COC(=O)CCCCCCCCCCCC/C=C\C/C=C\C/C=C\CCCCCCC. The maximum Gasteiger partial charge on any atom is 0.306 e. The van der Waals surface area contributed by atoms with E-state index in [1.165, 1.54) is 128 Å². The van der Waals surface area contributed by atoms with Gasteiger partial charge in [-0.15, -0.1) is 0 Å². The molecule has 0 saturated carbocycles. The van der Waals surface area contributed by atoms with Crippen LogP contribution in [0.25, 0.3) is 0 Å². The number of esters is 3. The van der Waals surface area contributed by atoms with Crippen LogP contribution in [0.1, 0.15) is 284 Å². The van der Waals surface area contributed by atoms with Crippen molar-refractivity contribution in [2.24, 2.45) is 0 Å². The van der Waals surface area contributed by atoms with Gasteiger partial charge in [0.15, 0.2) is 6.10 Å². The minimum Gasteiger partial charge on any atom is -0.462 e. The van der Waals surface area contributed by atoms with Crippen LogP contribution in [-0.2, 0) is 28.6 Å². The van der Waals surface area contributed by atoms with Crippen molar-refractivity contribution >= 4 is 17.9 Å². The number of allylic oxidation sites excluding steroid dienone is 16. The lowest BCUT2D eigenvalue weighted by atomic mass is 10.1. The summed E-state index contributed by atoms with van der Waals surface area (Å²) in [6.45, 7) is 6.47. The third kappa shape index (κ3) is 57.2. The number of unbranched alkanes of at least 4 members (excludes halogenated alkanes) is 27. The summed E-state index contributed by atoms with van der Waals surface area (Å²) in [5.74, 6) is -0.925. The molecule has 0 aromatic rings. The van der Waals surface area contributed by atoms with Crippen LogP contribution in [-0.4, -0.2) is 37.2 Å². The first kappa shape index (κ1) is 68.3. The van der Waals surface area contributed by atoms with E-state index in [9.17, 15) is 14.4 Å². The predicted molar refractivity (Wildman–Crippen MR) is 311 cm³/mol. The van der Waals surface area contributed by atoms with Gasteiger partial charge in [0.05, 0.1) is 0 Å². The first-order valence-electron chi connectivity index (χ1n) is 30.2. The van der Waals surface area contributed by atoms with Crippen LogP contribution in [0.4, 0.5) is 0 Å². The van der Waals surface area contributed by atoms with E-state index >= 15 is 0 Å². The molecule has 0 heterocycles. The van der Waals surface area contributed by atoms with Crippen molar-refractivity contribution in [1.29, 1.82) is 0 Å². The summed E-state index contributed by atoms with van der Waals surface area (Å²) in [6, 6.07) is 0. The molecule has 0 N–H and O–H groups in total. The fourth-order valence-corrected chi connectivity index (χ4v) is 8.26. The topological polar surface area (TPSA) is 78.9 Å². The van der Waals surface area contributed by atoms with Crippen LogP contribution < -0.4 is 0 Å². The molecule has 0 bridgehead atoms. The number of carbonyl (C=O) groups excluding carboxylic acids is 3. The number of hydrogen-bond acceptors (Lipinski definition) is 6. The summed E-state index contributed by atoms with van der Waals surface area (Å²) in [7, 11) is 0. The third-order valence-electron chi connectivity index (χ3n) is 12.8. The van der Waals surface area contributed by atoms with Crippen LogP contribution in [0.15, 0.2) is 97.2 Å². The van der Waals surface area contributed by atoms with Gasteiger partial charge in [-0.1, -0.05) is 240 Å². The Morgan fingerprint density at radius 1 is 0.292 bits per heavy atom. The minimum absolute atomic E-state index is 0.0924. The molecule has 6 heteroatoms. The van der Waals surface area contributed by atoms with E-state index in [4.69, 9.17) is 14.2 Å². The van der Waals surface area contributed by atoms with E-state index in [1.54, 1.807) is 0 Å². The molecule has 0 amide bonds. The fourth-order valence-electron chi connectivity index (χ4n) is 8.26. The smallest absolute Gasteiger partial charge is 0.306 e. The molecule has 0 aliphatic carbocycles. The van der Waals surface area contributed by atoms with Crippen LogP contribution in [0, 0.1) is 0 Å². The van der Waals surface area contributed by atoms with Gasteiger partial charge in [0.25, 0.3) is 0 Å². The number of ether oxygens (including phenoxy) is 3. The van der Waals surface area contributed by atoms with Gasteiger partial charge in [-0.25, -0.2) is 0 Å². The van der Waals surface area contributed by atoms with Crippen molar-refractivity contribution < 1.29 is 28.6 Å². The quantitative estimate of drug-likeness (QED) is 0.0261. The molecule has 0 fully saturated rings. The lowest BCUT2D eigenvalue weighted by Gasteiger charge is -2.18. The van der Waals surface area contributed by atoms with Crippen LogP contribution in [0.5, 0.6) is 0 Å². The van der Waals surface area contributed by atoms with Gasteiger partial charge in [0, 0.05) is 19.3 Å². The zero-order chi connectivity index (χ0) is 52.2. The molecular formula is C66H112O6. The highest BCUT2D eigenvalue weighted by Crippen LogP contribution is 2.15. The van der Waals surface area contributed by atoms with E-state index in [-0.39, 0.29) is 31.1 Å². The highest BCUT2D eigenvalue weighted by molar-refractivity contribution is 5.71. The van der Waals surface area contributed by atoms with Crippen LogP contribution >= 0.6 is 0 Å². The predicted octanol–water partition coefficient (Wildman–Crippen LogP) is 20.5. The lowest BCUT2D eigenvalue weighted by molar-refractivity contribution is -0.167. The molecule has 6 nitrogen and oxygen atoms in total. The Kier molecular flexibility index (Phi) is 56.8. The number of carbonyl (C=O) groups is 3. The van der Waals surface area contributed by atoms with E-state index in [1.807, 2.05) is 0 Å². The second-order valence-electron chi connectivity index (χ2n) is 19.9. The molecule has 0 aromatic carbocycles. The summed E-state index contributed by atoms with van der Waals surface area (Å²) in [6.07, 6.45) is 79.8. The van der Waals surface area contributed by atoms with Crippen LogP contribution in [0.3, 0.4) is 0 Å². The summed E-state index contributed by atoms with van der Waals surface area (Å²) < 4.78 is 16.9.